The molecular formula is C22H25FN2O3. The Kier molecular flexibility index (Phi) is 6.41. The number of rotatable bonds is 6. The van der Waals surface area contributed by atoms with Crippen molar-refractivity contribution >= 4 is 11.8 Å². The quantitative estimate of drug-likeness (QED) is 0.779. The Balaban J connectivity index is 1.84. The highest BCUT2D eigenvalue weighted by Crippen LogP contribution is 2.34. The zero-order valence-electron chi connectivity index (χ0n) is 16.2. The number of hydrogen-bond donors (Lipinski definition) is 1. The monoisotopic (exact) mass is 384 g/mol. The fraction of sp³-hybridized carbons (Fsp3) is 0.364. The molecule has 0 radical (unpaired) electrons. The maximum Gasteiger partial charge on any atom is 0.254 e. The molecule has 0 bridgehead atoms. The first-order valence-corrected chi connectivity index (χ1v) is 9.38. The number of nitrogens with one attached hydrogen (secondary N) is 1. The van der Waals surface area contributed by atoms with E-state index in [0.717, 1.165) is 11.1 Å². The summed E-state index contributed by atoms with van der Waals surface area (Å²) in [6.07, 6.45) is 0. The molecule has 1 N–H and O–H groups in total. The van der Waals surface area contributed by atoms with Crippen molar-refractivity contribution in [2.45, 2.75) is 12.8 Å². The van der Waals surface area contributed by atoms with Crippen LogP contribution in [0.5, 0.6) is 0 Å². The third-order valence-electron chi connectivity index (χ3n) is 5.20. The van der Waals surface area contributed by atoms with Crippen molar-refractivity contribution in [2.24, 2.45) is 5.92 Å². The Morgan fingerprint density at radius 2 is 1.96 bits per heavy atom. The van der Waals surface area contributed by atoms with E-state index < -0.39 is 5.92 Å². The van der Waals surface area contributed by atoms with Gasteiger partial charge in [0.1, 0.15) is 5.82 Å². The molecular weight excluding hydrogens is 359 g/mol. The average Bonchev–Trinajstić information content (AvgIpc) is 3.13. The van der Waals surface area contributed by atoms with Gasteiger partial charge in [-0.2, -0.15) is 0 Å². The molecule has 6 heteroatoms. The highest BCUT2D eigenvalue weighted by atomic mass is 19.1. The van der Waals surface area contributed by atoms with Crippen molar-refractivity contribution in [2.75, 3.05) is 33.4 Å². The Bertz CT molecular complexity index is 855. The minimum absolute atomic E-state index is 0.105. The van der Waals surface area contributed by atoms with Crippen molar-refractivity contribution in [3.63, 3.8) is 0 Å². The second-order valence-corrected chi connectivity index (χ2v) is 7.08. The lowest BCUT2D eigenvalue weighted by Crippen LogP contribution is -2.37. The molecule has 2 atom stereocenters. The summed E-state index contributed by atoms with van der Waals surface area (Å²) in [6, 6.07) is 13.7. The van der Waals surface area contributed by atoms with E-state index in [1.807, 2.05) is 31.2 Å². The number of hydrogen-bond acceptors (Lipinski definition) is 3. The first-order chi connectivity index (χ1) is 13.5. The molecule has 1 aliphatic rings. The number of nitrogens with zero attached hydrogens (tertiary/aromatic N) is 1. The van der Waals surface area contributed by atoms with Gasteiger partial charge in [-0.1, -0.05) is 30.3 Å². The Morgan fingerprint density at radius 3 is 2.68 bits per heavy atom. The maximum absolute atomic E-state index is 13.8. The molecule has 3 rings (SSSR count). The van der Waals surface area contributed by atoms with Crippen molar-refractivity contribution < 1.29 is 18.7 Å². The summed E-state index contributed by atoms with van der Waals surface area (Å²) in [5.41, 5.74) is 2.25. The predicted molar refractivity (Wildman–Crippen MR) is 105 cm³/mol. The van der Waals surface area contributed by atoms with Gasteiger partial charge in [-0.25, -0.2) is 4.39 Å². The third kappa shape index (κ3) is 4.39. The molecule has 2 amide bonds. The molecule has 0 aliphatic carbocycles. The largest absolute Gasteiger partial charge is 0.383 e. The van der Waals surface area contributed by atoms with Crippen LogP contribution in [0.3, 0.4) is 0 Å². The summed E-state index contributed by atoms with van der Waals surface area (Å²) in [5.74, 6) is -1.30. The van der Waals surface area contributed by atoms with Gasteiger partial charge in [-0.3, -0.25) is 9.59 Å². The topological polar surface area (TPSA) is 58.6 Å². The highest BCUT2D eigenvalue weighted by molar-refractivity contribution is 5.96. The summed E-state index contributed by atoms with van der Waals surface area (Å²) in [6.45, 7) is 3.37. The fourth-order valence-corrected chi connectivity index (χ4v) is 3.70. The van der Waals surface area contributed by atoms with Gasteiger partial charge < -0.3 is 15.0 Å². The van der Waals surface area contributed by atoms with E-state index in [0.29, 0.717) is 31.8 Å². The second-order valence-electron chi connectivity index (χ2n) is 7.08. The molecule has 2 aromatic rings. The molecule has 1 heterocycles. The molecule has 0 saturated carbocycles. The van der Waals surface area contributed by atoms with E-state index in [1.165, 1.54) is 12.1 Å². The van der Waals surface area contributed by atoms with Crippen LogP contribution >= 0.6 is 0 Å². The number of carbonyl (C=O) groups excluding carboxylic acids is 2. The number of aryl methyl sites for hydroxylation is 1. The molecule has 2 aromatic carbocycles. The van der Waals surface area contributed by atoms with Crippen LogP contribution in [0.25, 0.3) is 0 Å². The lowest BCUT2D eigenvalue weighted by Gasteiger charge is -2.18. The molecule has 5 nitrogen and oxygen atoms in total. The van der Waals surface area contributed by atoms with Crippen LogP contribution in [-0.2, 0) is 9.53 Å². The van der Waals surface area contributed by atoms with Crippen molar-refractivity contribution in [1.29, 1.82) is 0 Å². The van der Waals surface area contributed by atoms with Crippen molar-refractivity contribution in [3.05, 3.63) is 71.0 Å². The van der Waals surface area contributed by atoms with Gasteiger partial charge in [0.2, 0.25) is 5.91 Å². The zero-order valence-corrected chi connectivity index (χ0v) is 16.2. The first-order valence-electron chi connectivity index (χ1n) is 9.38. The molecule has 1 saturated heterocycles. The number of benzene rings is 2. The lowest BCUT2D eigenvalue weighted by molar-refractivity contribution is -0.125. The third-order valence-corrected chi connectivity index (χ3v) is 5.20. The van der Waals surface area contributed by atoms with Crippen LogP contribution in [0.1, 0.15) is 27.4 Å². The van der Waals surface area contributed by atoms with Crippen LogP contribution in [0, 0.1) is 18.7 Å². The van der Waals surface area contributed by atoms with Gasteiger partial charge in [-0.05, 0) is 36.2 Å². The van der Waals surface area contributed by atoms with Gasteiger partial charge in [0.15, 0.2) is 0 Å². The number of methoxy groups -OCH3 is 1. The van der Waals surface area contributed by atoms with E-state index in [9.17, 15) is 14.0 Å². The van der Waals surface area contributed by atoms with E-state index >= 15 is 0 Å². The standard InChI is InChI=1S/C22H25FN2O3/c1-15-6-3-4-9-18(15)22(27)25-13-19(16-7-5-8-17(23)12-16)20(14-25)21(26)24-10-11-28-2/h3-9,12,19-20H,10-11,13-14H2,1-2H3,(H,24,26)/t19-,20+/m0/s1. The molecule has 0 aromatic heterocycles. The minimum atomic E-state index is -0.438. The average molecular weight is 384 g/mol. The van der Waals surface area contributed by atoms with Crippen molar-refractivity contribution in [3.8, 4) is 0 Å². The van der Waals surface area contributed by atoms with Gasteiger partial charge in [-0.15, -0.1) is 0 Å². The molecule has 1 aliphatic heterocycles. The Morgan fingerprint density at radius 1 is 1.18 bits per heavy atom. The molecule has 148 valence electrons. The number of likely N-dealkylation sites (tertiary alicyclic amines) is 1. The summed E-state index contributed by atoms with van der Waals surface area (Å²) in [5, 5.41) is 2.85. The number of carbonyl (C=O) groups is 2. The second kappa shape index (κ2) is 8.97. The summed E-state index contributed by atoms with van der Waals surface area (Å²) < 4.78 is 18.8. The van der Waals surface area contributed by atoms with Crippen LogP contribution in [-0.4, -0.2) is 50.1 Å². The van der Waals surface area contributed by atoms with Gasteiger partial charge in [0.05, 0.1) is 12.5 Å². The number of ether oxygens (including phenoxy) is 1. The molecule has 0 unspecified atom stereocenters. The lowest BCUT2D eigenvalue weighted by atomic mass is 9.88. The van der Waals surface area contributed by atoms with E-state index in [-0.39, 0.29) is 23.5 Å². The normalized spacial score (nSPS) is 18.9. The minimum Gasteiger partial charge on any atom is -0.383 e. The van der Waals surface area contributed by atoms with Gasteiger partial charge in [0, 0.05) is 38.2 Å². The highest BCUT2D eigenvalue weighted by Gasteiger charge is 2.40. The molecule has 1 fully saturated rings. The van der Waals surface area contributed by atoms with Gasteiger partial charge >= 0.3 is 0 Å². The smallest absolute Gasteiger partial charge is 0.254 e. The number of halogens is 1. The predicted octanol–water partition coefficient (Wildman–Crippen LogP) is 2.75. The fourth-order valence-electron chi connectivity index (χ4n) is 3.70. The zero-order chi connectivity index (χ0) is 20.1. The van der Waals surface area contributed by atoms with E-state index in [2.05, 4.69) is 5.32 Å². The molecule has 0 spiro atoms. The summed E-state index contributed by atoms with van der Waals surface area (Å²) in [7, 11) is 1.57. The van der Waals surface area contributed by atoms with Crippen LogP contribution in [0.2, 0.25) is 0 Å². The Hall–Kier alpha value is -2.73. The maximum atomic E-state index is 13.8. The van der Waals surface area contributed by atoms with Crippen LogP contribution < -0.4 is 5.32 Å². The van der Waals surface area contributed by atoms with E-state index in [1.54, 1.807) is 24.1 Å². The van der Waals surface area contributed by atoms with Crippen LogP contribution in [0.15, 0.2) is 48.5 Å². The number of amides is 2. The summed E-state index contributed by atoms with van der Waals surface area (Å²) in [4.78, 5) is 27.5. The first kappa shape index (κ1) is 20.0. The van der Waals surface area contributed by atoms with Crippen molar-refractivity contribution in [1.82, 2.24) is 10.2 Å². The SMILES string of the molecule is COCCNC(=O)[C@@H]1CN(C(=O)c2ccccc2C)C[C@H]1c1cccc(F)c1. The Labute approximate surface area is 164 Å². The van der Waals surface area contributed by atoms with Crippen LogP contribution in [0.4, 0.5) is 4.39 Å². The van der Waals surface area contributed by atoms with Gasteiger partial charge in [0.25, 0.3) is 5.91 Å². The summed E-state index contributed by atoms with van der Waals surface area (Å²) >= 11 is 0. The molecule has 28 heavy (non-hydrogen) atoms. The van der Waals surface area contributed by atoms with E-state index in [4.69, 9.17) is 4.74 Å².